The maximum atomic E-state index is 5.71. The van der Waals surface area contributed by atoms with Crippen LogP contribution in [0.3, 0.4) is 0 Å². The van der Waals surface area contributed by atoms with E-state index in [0.717, 1.165) is 23.7 Å². The van der Waals surface area contributed by atoms with Gasteiger partial charge in [-0.05, 0) is 26.2 Å². The van der Waals surface area contributed by atoms with E-state index in [2.05, 4.69) is 11.9 Å². The number of aromatic nitrogens is 1. The fourth-order valence-corrected chi connectivity index (χ4v) is 2.67. The summed E-state index contributed by atoms with van der Waals surface area (Å²) >= 11 is 1.69. The van der Waals surface area contributed by atoms with Gasteiger partial charge >= 0.3 is 0 Å². The second-order valence-corrected chi connectivity index (χ2v) is 4.90. The van der Waals surface area contributed by atoms with E-state index in [1.54, 1.807) is 11.3 Å². The first-order chi connectivity index (χ1) is 6.81. The quantitative estimate of drug-likeness (QED) is 0.817. The maximum absolute atomic E-state index is 5.71. The molecule has 78 valence electrons. The van der Waals surface area contributed by atoms with E-state index in [1.807, 2.05) is 0 Å². The van der Waals surface area contributed by atoms with Gasteiger partial charge in [0.25, 0.3) is 0 Å². The SMILES string of the molecule is Cc1sc(CN)nc1C1CCCCO1. The highest BCUT2D eigenvalue weighted by molar-refractivity contribution is 7.11. The molecule has 1 atom stereocenters. The Labute approximate surface area is 88.3 Å². The highest BCUT2D eigenvalue weighted by Gasteiger charge is 2.21. The molecule has 2 N–H and O–H groups in total. The van der Waals surface area contributed by atoms with Crippen LogP contribution < -0.4 is 5.73 Å². The van der Waals surface area contributed by atoms with Gasteiger partial charge in [-0.3, -0.25) is 0 Å². The first-order valence-corrected chi connectivity index (χ1v) is 5.91. The van der Waals surface area contributed by atoms with Crippen molar-refractivity contribution in [1.29, 1.82) is 0 Å². The molecule has 4 heteroatoms. The van der Waals surface area contributed by atoms with Crippen LogP contribution in [0, 0.1) is 6.92 Å². The van der Waals surface area contributed by atoms with Crippen molar-refractivity contribution in [2.24, 2.45) is 5.73 Å². The molecule has 1 aromatic heterocycles. The fourth-order valence-electron chi connectivity index (χ4n) is 1.81. The third kappa shape index (κ3) is 1.97. The van der Waals surface area contributed by atoms with E-state index in [1.165, 1.54) is 17.7 Å². The zero-order valence-corrected chi connectivity index (χ0v) is 9.27. The lowest BCUT2D eigenvalue weighted by Gasteiger charge is -2.21. The van der Waals surface area contributed by atoms with Gasteiger partial charge in [-0.15, -0.1) is 11.3 Å². The number of rotatable bonds is 2. The van der Waals surface area contributed by atoms with Gasteiger partial charge in [0, 0.05) is 18.0 Å². The Balaban J connectivity index is 2.17. The van der Waals surface area contributed by atoms with Gasteiger partial charge in [-0.1, -0.05) is 0 Å². The molecule has 1 saturated heterocycles. The van der Waals surface area contributed by atoms with Gasteiger partial charge in [0.1, 0.15) is 11.1 Å². The van der Waals surface area contributed by atoms with Crippen LogP contribution in [0.4, 0.5) is 0 Å². The average molecular weight is 212 g/mol. The molecule has 0 saturated carbocycles. The molecule has 2 heterocycles. The molecule has 3 nitrogen and oxygen atoms in total. The van der Waals surface area contributed by atoms with Crippen molar-refractivity contribution in [3.8, 4) is 0 Å². The average Bonchev–Trinajstić information content (AvgIpc) is 2.61. The second-order valence-electron chi connectivity index (χ2n) is 3.61. The Morgan fingerprint density at radius 3 is 3.00 bits per heavy atom. The molecular formula is C10H16N2OS. The number of hydrogen-bond donors (Lipinski definition) is 1. The lowest BCUT2D eigenvalue weighted by Crippen LogP contribution is -2.12. The number of hydrogen-bond acceptors (Lipinski definition) is 4. The molecule has 2 rings (SSSR count). The molecule has 0 spiro atoms. The Hall–Kier alpha value is -0.450. The van der Waals surface area contributed by atoms with Crippen LogP contribution in [0.15, 0.2) is 0 Å². The van der Waals surface area contributed by atoms with Crippen molar-refractivity contribution in [3.05, 3.63) is 15.6 Å². The van der Waals surface area contributed by atoms with Gasteiger partial charge in [-0.2, -0.15) is 0 Å². The summed E-state index contributed by atoms with van der Waals surface area (Å²) in [6.07, 6.45) is 3.76. The molecule has 0 bridgehead atoms. The molecule has 14 heavy (non-hydrogen) atoms. The molecule has 0 aliphatic carbocycles. The van der Waals surface area contributed by atoms with E-state index >= 15 is 0 Å². The maximum Gasteiger partial charge on any atom is 0.107 e. The molecular weight excluding hydrogens is 196 g/mol. The Kier molecular flexibility index (Phi) is 3.15. The summed E-state index contributed by atoms with van der Waals surface area (Å²) < 4.78 is 5.71. The zero-order chi connectivity index (χ0) is 9.97. The summed E-state index contributed by atoms with van der Waals surface area (Å²) in [6.45, 7) is 3.52. The van der Waals surface area contributed by atoms with Crippen molar-refractivity contribution < 1.29 is 4.74 Å². The first-order valence-electron chi connectivity index (χ1n) is 5.09. The van der Waals surface area contributed by atoms with Crippen LogP contribution >= 0.6 is 11.3 Å². The van der Waals surface area contributed by atoms with Crippen molar-refractivity contribution in [2.75, 3.05) is 6.61 Å². The summed E-state index contributed by atoms with van der Waals surface area (Å²) in [4.78, 5) is 5.78. The van der Waals surface area contributed by atoms with Crippen LogP contribution in [0.5, 0.6) is 0 Å². The fraction of sp³-hybridized carbons (Fsp3) is 0.700. The first kappa shape index (κ1) is 10.1. The van der Waals surface area contributed by atoms with Crippen LogP contribution in [0.25, 0.3) is 0 Å². The molecule has 1 unspecified atom stereocenters. The number of thiazole rings is 1. The predicted molar refractivity (Wildman–Crippen MR) is 57.3 cm³/mol. The highest BCUT2D eigenvalue weighted by Crippen LogP contribution is 2.31. The Bertz CT molecular complexity index is 305. The molecule has 1 aliphatic rings. The minimum absolute atomic E-state index is 0.222. The topological polar surface area (TPSA) is 48.1 Å². The largest absolute Gasteiger partial charge is 0.372 e. The van der Waals surface area contributed by atoms with Crippen LogP contribution in [0.1, 0.15) is 40.9 Å². The van der Waals surface area contributed by atoms with E-state index < -0.39 is 0 Å². The van der Waals surface area contributed by atoms with Crippen LogP contribution in [-0.2, 0) is 11.3 Å². The molecule has 0 amide bonds. The summed E-state index contributed by atoms with van der Waals surface area (Å²) in [5.41, 5.74) is 6.69. The zero-order valence-electron chi connectivity index (χ0n) is 8.45. The van der Waals surface area contributed by atoms with Crippen molar-refractivity contribution in [2.45, 2.75) is 38.8 Å². The summed E-state index contributed by atoms with van der Waals surface area (Å²) in [5.74, 6) is 0. The standard InChI is InChI=1S/C10H16N2OS/c1-7-10(12-9(6-11)14-7)8-4-2-3-5-13-8/h8H,2-6,11H2,1H3. The van der Waals surface area contributed by atoms with Crippen LogP contribution in [0.2, 0.25) is 0 Å². The lowest BCUT2D eigenvalue weighted by molar-refractivity contribution is 0.0122. The minimum Gasteiger partial charge on any atom is -0.372 e. The number of nitrogens with two attached hydrogens (primary N) is 1. The molecule has 0 aromatic carbocycles. The van der Waals surface area contributed by atoms with Gasteiger partial charge in [0.2, 0.25) is 0 Å². The second kappa shape index (κ2) is 4.38. The van der Waals surface area contributed by atoms with Crippen molar-refractivity contribution in [3.63, 3.8) is 0 Å². The van der Waals surface area contributed by atoms with Crippen molar-refractivity contribution >= 4 is 11.3 Å². The Morgan fingerprint density at radius 1 is 1.57 bits per heavy atom. The minimum atomic E-state index is 0.222. The number of nitrogens with zero attached hydrogens (tertiary/aromatic N) is 1. The van der Waals surface area contributed by atoms with Crippen LogP contribution in [-0.4, -0.2) is 11.6 Å². The number of ether oxygens (including phenoxy) is 1. The summed E-state index contributed by atoms with van der Waals surface area (Å²) in [7, 11) is 0. The van der Waals surface area contributed by atoms with E-state index in [9.17, 15) is 0 Å². The summed E-state index contributed by atoms with van der Waals surface area (Å²) in [5, 5.41) is 1.02. The smallest absolute Gasteiger partial charge is 0.107 e. The van der Waals surface area contributed by atoms with Gasteiger partial charge in [0.15, 0.2) is 0 Å². The van der Waals surface area contributed by atoms with Gasteiger partial charge < -0.3 is 10.5 Å². The normalized spacial score (nSPS) is 22.6. The predicted octanol–water partition coefficient (Wildman–Crippen LogP) is 2.15. The van der Waals surface area contributed by atoms with E-state index in [4.69, 9.17) is 10.5 Å². The van der Waals surface area contributed by atoms with E-state index in [0.29, 0.717) is 6.54 Å². The molecule has 1 aliphatic heterocycles. The van der Waals surface area contributed by atoms with Gasteiger partial charge in [0.05, 0.1) is 5.69 Å². The monoisotopic (exact) mass is 212 g/mol. The number of aryl methyl sites for hydroxylation is 1. The molecule has 0 radical (unpaired) electrons. The highest BCUT2D eigenvalue weighted by atomic mass is 32.1. The van der Waals surface area contributed by atoms with E-state index in [-0.39, 0.29) is 6.10 Å². The molecule has 1 aromatic rings. The van der Waals surface area contributed by atoms with Crippen molar-refractivity contribution in [1.82, 2.24) is 4.98 Å². The lowest BCUT2D eigenvalue weighted by atomic mass is 10.1. The third-order valence-corrected chi connectivity index (χ3v) is 3.54. The Morgan fingerprint density at radius 2 is 2.43 bits per heavy atom. The molecule has 1 fully saturated rings. The third-order valence-electron chi connectivity index (χ3n) is 2.54. The van der Waals surface area contributed by atoms with Gasteiger partial charge in [-0.25, -0.2) is 4.98 Å². The summed E-state index contributed by atoms with van der Waals surface area (Å²) in [6, 6.07) is 0.